The number of hydrogen-bond donors (Lipinski definition) is 2. The molecule has 2 N–H and O–H groups in total. The van der Waals surface area contributed by atoms with Crippen LogP contribution in [0, 0.1) is 0 Å². The minimum Gasteiger partial charge on any atom is -0.504 e. The first-order chi connectivity index (χ1) is 15.0. The van der Waals surface area contributed by atoms with Crippen LogP contribution in [0.2, 0.25) is 5.02 Å². The molecule has 2 aromatic carbocycles. The Labute approximate surface area is 191 Å². The molecule has 0 fully saturated rings. The third-order valence-electron chi connectivity index (χ3n) is 4.49. The Bertz CT molecular complexity index is 999. The van der Waals surface area contributed by atoms with Crippen LogP contribution < -0.4 is 4.74 Å². The van der Waals surface area contributed by atoms with E-state index in [0.717, 1.165) is 28.0 Å². The Morgan fingerprint density at radius 2 is 2.00 bits per heavy atom. The molecule has 0 aliphatic heterocycles. The zero-order chi connectivity index (χ0) is 22.2. The molecule has 0 radical (unpaired) electrons. The summed E-state index contributed by atoms with van der Waals surface area (Å²) in [5.74, 6) is 2.16. The molecule has 9 heteroatoms. The molecule has 0 atom stereocenters. The third kappa shape index (κ3) is 6.36. The van der Waals surface area contributed by atoms with E-state index < -0.39 is 0 Å². The van der Waals surface area contributed by atoms with Gasteiger partial charge in [0, 0.05) is 23.9 Å². The molecule has 3 rings (SSSR count). The van der Waals surface area contributed by atoms with Crippen molar-refractivity contribution >= 4 is 23.4 Å². The SMILES string of the molecule is CCOc1cc(CN(C)Cc2nnc(SCCCO)n2-c2cccc(Cl)c2)ccc1O. The van der Waals surface area contributed by atoms with Gasteiger partial charge in [0.1, 0.15) is 0 Å². The lowest BCUT2D eigenvalue weighted by Crippen LogP contribution is -2.20. The summed E-state index contributed by atoms with van der Waals surface area (Å²) in [6, 6.07) is 13.0. The van der Waals surface area contributed by atoms with Crippen molar-refractivity contribution in [2.75, 3.05) is 26.0 Å². The average molecular weight is 463 g/mol. The largest absolute Gasteiger partial charge is 0.504 e. The van der Waals surface area contributed by atoms with Gasteiger partial charge in [-0.05, 0) is 56.3 Å². The van der Waals surface area contributed by atoms with Crippen LogP contribution in [-0.2, 0) is 13.1 Å². The van der Waals surface area contributed by atoms with Crippen LogP contribution >= 0.6 is 23.4 Å². The first-order valence-electron chi connectivity index (χ1n) is 10.1. The maximum atomic E-state index is 9.92. The smallest absolute Gasteiger partial charge is 0.195 e. The lowest BCUT2D eigenvalue weighted by atomic mass is 10.2. The fourth-order valence-corrected chi connectivity index (χ4v) is 4.21. The summed E-state index contributed by atoms with van der Waals surface area (Å²) < 4.78 is 7.49. The first-order valence-corrected chi connectivity index (χ1v) is 11.4. The molecule has 0 aliphatic carbocycles. The Morgan fingerprint density at radius 3 is 2.74 bits per heavy atom. The van der Waals surface area contributed by atoms with Crippen molar-refractivity contribution in [3.63, 3.8) is 0 Å². The van der Waals surface area contributed by atoms with Gasteiger partial charge in [0.05, 0.1) is 18.8 Å². The highest BCUT2D eigenvalue weighted by molar-refractivity contribution is 7.99. The molecule has 1 heterocycles. The summed E-state index contributed by atoms with van der Waals surface area (Å²) in [5.41, 5.74) is 1.92. The van der Waals surface area contributed by atoms with Gasteiger partial charge in [-0.2, -0.15) is 0 Å². The van der Waals surface area contributed by atoms with Crippen molar-refractivity contribution in [1.29, 1.82) is 0 Å². The number of thioether (sulfide) groups is 1. The zero-order valence-corrected chi connectivity index (χ0v) is 19.2. The van der Waals surface area contributed by atoms with Gasteiger partial charge < -0.3 is 14.9 Å². The molecule has 166 valence electrons. The summed E-state index contributed by atoms with van der Waals surface area (Å²) in [4.78, 5) is 2.12. The van der Waals surface area contributed by atoms with E-state index in [1.165, 1.54) is 0 Å². The van der Waals surface area contributed by atoms with E-state index in [9.17, 15) is 5.11 Å². The summed E-state index contributed by atoms with van der Waals surface area (Å²) in [5, 5.41) is 29.2. The standard InChI is InChI=1S/C22H27ClN4O3S/c1-3-30-20-12-16(8-9-19(20)29)14-26(2)15-21-24-25-22(31-11-5-10-28)27(21)18-7-4-6-17(23)13-18/h4,6-9,12-13,28-29H,3,5,10-11,14-15H2,1-2H3. The van der Waals surface area contributed by atoms with Crippen LogP contribution in [0.4, 0.5) is 0 Å². The fourth-order valence-electron chi connectivity index (χ4n) is 3.14. The summed E-state index contributed by atoms with van der Waals surface area (Å²) in [6.07, 6.45) is 0.686. The highest BCUT2D eigenvalue weighted by atomic mass is 35.5. The van der Waals surface area contributed by atoms with Gasteiger partial charge in [-0.1, -0.05) is 35.5 Å². The maximum Gasteiger partial charge on any atom is 0.195 e. The van der Waals surface area contributed by atoms with Crippen molar-refractivity contribution in [2.45, 2.75) is 31.6 Å². The number of benzene rings is 2. The van der Waals surface area contributed by atoms with Crippen LogP contribution in [0.15, 0.2) is 47.6 Å². The molecule has 0 spiro atoms. The van der Waals surface area contributed by atoms with E-state index in [2.05, 4.69) is 15.1 Å². The van der Waals surface area contributed by atoms with Gasteiger partial charge >= 0.3 is 0 Å². The van der Waals surface area contributed by atoms with Crippen molar-refractivity contribution in [3.8, 4) is 17.2 Å². The van der Waals surface area contributed by atoms with E-state index >= 15 is 0 Å². The number of aromatic hydroxyl groups is 1. The van der Waals surface area contributed by atoms with Crippen molar-refractivity contribution < 1.29 is 14.9 Å². The second kappa shape index (κ2) is 11.4. The maximum absolute atomic E-state index is 9.92. The summed E-state index contributed by atoms with van der Waals surface area (Å²) in [7, 11) is 2.00. The quantitative estimate of drug-likeness (QED) is 0.327. The summed E-state index contributed by atoms with van der Waals surface area (Å²) >= 11 is 7.78. The number of rotatable bonds is 11. The molecular formula is C22H27ClN4O3S. The monoisotopic (exact) mass is 462 g/mol. The second-order valence-corrected chi connectivity index (χ2v) is 8.55. The van der Waals surface area contributed by atoms with Gasteiger partial charge in [0.2, 0.25) is 0 Å². The molecule has 7 nitrogen and oxygen atoms in total. The highest BCUT2D eigenvalue weighted by Gasteiger charge is 2.17. The Hall–Kier alpha value is -2.26. The normalized spacial score (nSPS) is 11.3. The Balaban J connectivity index is 1.81. The molecule has 0 saturated heterocycles. The number of ether oxygens (including phenoxy) is 1. The zero-order valence-electron chi connectivity index (χ0n) is 17.7. The first kappa shape index (κ1) is 23.4. The van der Waals surface area contributed by atoms with Crippen LogP contribution in [0.3, 0.4) is 0 Å². The number of phenols is 1. The van der Waals surface area contributed by atoms with E-state index in [4.69, 9.17) is 21.4 Å². The van der Waals surface area contributed by atoms with Crippen molar-refractivity contribution in [1.82, 2.24) is 19.7 Å². The number of hydrogen-bond acceptors (Lipinski definition) is 7. The molecule has 3 aromatic rings. The molecule has 0 saturated carbocycles. The molecule has 0 bridgehead atoms. The predicted octanol–water partition coefficient (Wildman–Crippen LogP) is 4.13. The Kier molecular flexibility index (Phi) is 8.60. The predicted molar refractivity (Wildman–Crippen MR) is 123 cm³/mol. The number of phenolic OH excluding ortho intramolecular Hbond substituents is 1. The lowest BCUT2D eigenvalue weighted by molar-refractivity contribution is 0.296. The van der Waals surface area contributed by atoms with Gasteiger partial charge in [-0.25, -0.2) is 0 Å². The molecule has 0 unspecified atom stereocenters. The van der Waals surface area contributed by atoms with Crippen LogP contribution in [-0.4, -0.2) is 55.9 Å². The van der Waals surface area contributed by atoms with Gasteiger partial charge in [-0.3, -0.25) is 9.47 Å². The van der Waals surface area contributed by atoms with Crippen LogP contribution in [0.25, 0.3) is 5.69 Å². The van der Waals surface area contributed by atoms with Crippen molar-refractivity contribution in [2.24, 2.45) is 0 Å². The Morgan fingerprint density at radius 1 is 1.16 bits per heavy atom. The van der Waals surface area contributed by atoms with E-state index in [1.54, 1.807) is 17.8 Å². The summed E-state index contributed by atoms with van der Waals surface area (Å²) in [6.45, 7) is 3.73. The average Bonchev–Trinajstić information content (AvgIpc) is 3.13. The van der Waals surface area contributed by atoms with Crippen LogP contribution in [0.5, 0.6) is 11.5 Å². The number of aliphatic hydroxyl groups is 1. The lowest BCUT2D eigenvalue weighted by Gasteiger charge is -2.18. The minimum absolute atomic E-state index is 0.137. The molecular weight excluding hydrogens is 436 g/mol. The second-order valence-electron chi connectivity index (χ2n) is 7.05. The number of aliphatic hydroxyl groups excluding tert-OH is 1. The number of nitrogens with zero attached hydrogens (tertiary/aromatic N) is 4. The molecule has 1 aromatic heterocycles. The van der Waals surface area contributed by atoms with Gasteiger partial charge in [0.25, 0.3) is 0 Å². The molecule has 0 amide bonds. The highest BCUT2D eigenvalue weighted by Crippen LogP contribution is 2.28. The van der Waals surface area contributed by atoms with Crippen LogP contribution in [0.1, 0.15) is 24.7 Å². The van der Waals surface area contributed by atoms with E-state index in [1.807, 2.05) is 54.9 Å². The number of halogens is 1. The van der Waals surface area contributed by atoms with E-state index in [0.29, 0.717) is 36.9 Å². The topological polar surface area (TPSA) is 83.6 Å². The van der Waals surface area contributed by atoms with Gasteiger partial charge in [0.15, 0.2) is 22.5 Å². The number of aromatic nitrogens is 3. The fraction of sp³-hybridized carbons (Fsp3) is 0.364. The van der Waals surface area contributed by atoms with E-state index in [-0.39, 0.29) is 12.4 Å². The molecule has 0 aliphatic rings. The third-order valence-corrected chi connectivity index (χ3v) is 5.74. The molecule has 31 heavy (non-hydrogen) atoms. The minimum atomic E-state index is 0.137. The van der Waals surface area contributed by atoms with Crippen molar-refractivity contribution in [3.05, 3.63) is 58.9 Å². The van der Waals surface area contributed by atoms with Gasteiger partial charge in [-0.15, -0.1) is 10.2 Å².